The van der Waals surface area contributed by atoms with Crippen molar-refractivity contribution in [3.05, 3.63) is 24.3 Å². The molecule has 1 fully saturated rings. The average Bonchev–Trinajstić information content (AvgIpc) is 2.69. The highest BCUT2D eigenvalue weighted by molar-refractivity contribution is 14.0. The monoisotopic (exact) mass is 506 g/mol. The fraction of sp³-hybridized carbons (Fsp3) is 0.650. The number of para-hydroxylation sites is 2. The zero-order valence-corrected chi connectivity index (χ0v) is 19.8. The van der Waals surface area contributed by atoms with Gasteiger partial charge in [-0.2, -0.15) is 0 Å². The predicted molar refractivity (Wildman–Crippen MR) is 124 cm³/mol. The number of benzene rings is 1. The van der Waals surface area contributed by atoms with Crippen molar-refractivity contribution in [2.45, 2.75) is 20.0 Å². The van der Waals surface area contributed by atoms with Crippen LogP contribution in [0, 0.1) is 5.92 Å². The number of methoxy groups -OCH3 is 1. The molecule has 1 heterocycles. The van der Waals surface area contributed by atoms with E-state index in [1.807, 2.05) is 31.2 Å². The number of morpholine rings is 1. The Morgan fingerprint density at radius 3 is 2.43 bits per heavy atom. The van der Waals surface area contributed by atoms with E-state index in [0.29, 0.717) is 12.5 Å². The van der Waals surface area contributed by atoms with Crippen LogP contribution in [0.3, 0.4) is 0 Å². The maximum Gasteiger partial charge on any atom is 0.191 e. The summed E-state index contributed by atoms with van der Waals surface area (Å²) < 4.78 is 16.7. The highest BCUT2D eigenvalue weighted by Gasteiger charge is 2.14. The number of nitrogens with zero attached hydrogens (tertiary/aromatic N) is 2. The van der Waals surface area contributed by atoms with Crippen molar-refractivity contribution < 1.29 is 14.2 Å². The molecule has 0 amide bonds. The van der Waals surface area contributed by atoms with Crippen LogP contribution in [0.1, 0.15) is 13.8 Å². The molecule has 7 nitrogen and oxygen atoms in total. The van der Waals surface area contributed by atoms with Gasteiger partial charge in [-0.1, -0.05) is 19.1 Å². The lowest BCUT2D eigenvalue weighted by Crippen LogP contribution is -2.45. The number of halogens is 1. The fourth-order valence-electron chi connectivity index (χ4n) is 3.00. The molecule has 1 aromatic rings. The number of ether oxygens (including phenoxy) is 3. The summed E-state index contributed by atoms with van der Waals surface area (Å²) in [4.78, 5) is 6.75. The van der Waals surface area contributed by atoms with Gasteiger partial charge < -0.3 is 24.8 Å². The van der Waals surface area contributed by atoms with Crippen molar-refractivity contribution in [1.29, 1.82) is 0 Å². The molecule has 0 radical (unpaired) electrons. The van der Waals surface area contributed by atoms with E-state index in [4.69, 9.17) is 14.2 Å². The number of hydrogen-bond acceptors (Lipinski definition) is 5. The summed E-state index contributed by atoms with van der Waals surface area (Å²) in [5.74, 6) is 2.81. The molecule has 2 unspecified atom stereocenters. The van der Waals surface area contributed by atoms with Crippen LogP contribution >= 0.6 is 24.0 Å². The molecule has 0 aromatic heterocycles. The van der Waals surface area contributed by atoms with Gasteiger partial charge in [0, 0.05) is 33.2 Å². The van der Waals surface area contributed by atoms with E-state index in [9.17, 15) is 0 Å². The van der Waals surface area contributed by atoms with Crippen LogP contribution in [0.4, 0.5) is 0 Å². The first kappa shape index (κ1) is 24.8. The molecule has 160 valence electrons. The van der Waals surface area contributed by atoms with Crippen molar-refractivity contribution in [2.75, 3.05) is 60.1 Å². The highest BCUT2D eigenvalue weighted by atomic mass is 127. The molecule has 28 heavy (non-hydrogen) atoms. The predicted octanol–water partition coefficient (Wildman–Crippen LogP) is 2.21. The van der Waals surface area contributed by atoms with Gasteiger partial charge in [-0.3, -0.25) is 9.89 Å². The standard InChI is InChI=1S/C20H34N4O3.HI/c1-16(15-24-9-11-26-12-10-24)13-22-20(21-3)23-14-17(2)27-19-8-6-5-7-18(19)25-4;/h5-8,16-17H,9-15H2,1-4H3,(H2,21,22,23);1H. The molecule has 0 saturated carbocycles. The molecule has 2 atom stereocenters. The molecule has 0 aliphatic carbocycles. The molecule has 2 N–H and O–H groups in total. The summed E-state index contributed by atoms with van der Waals surface area (Å²) >= 11 is 0. The van der Waals surface area contributed by atoms with E-state index in [-0.39, 0.29) is 30.1 Å². The average molecular weight is 506 g/mol. The summed E-state index contributed by atoms with van der Waals surface area (Å²) in [5.41, 5.74) is 0. The molecular weight excluding hydrogens is 471 g/mol. The number of hydrogen-bond donors (Lipinski definition) is 2. The van der Waals surface area contributed by atoms with Crippen molar-refractivity contribution >= 4 is 29.9 Å². The maximum atomic E-state index is 5.97. The first-order valence-corrected chi connectivity index (χ1v) is 9.66. The second-order valence-corrected chi connectivity index (χ2v) is 6.93. The zero-order valence-electron chi connectivity index (χ0n) is 17.4. The van der Waals surface area contributed by atoms with Crippen LogP contribution in [0.5, 0.6) is 11.5 Å². The lowest BCUT2D eigenvalue weighted by Gasteiger charge is -2.29. The Hall–Kier alpha value is -1.26. The third-order valence-electron chi connectivity index (χ3n) is 4.47. The molecule has 8 heteroatoms. The Balaban J connectivity index is 0.00000392. The molecule has 1 saturated heterocycles. The summed E-state index contributed by atoms with van der Waals surface area (Å²) in [6, 6.07) is 7.67. The third kappa shape index (κ3) is 8.83. The van der Waals surface area contributed by atoms with E-state index >= 15 is 0 Å². The lowest BCUT2D eigenvalue weighted by atomic mass is 10.1. The number of nitrogens with one attached hydrogen (secondary N) is 2. The largest absolute Gasteiger partial charge is 0.493 e. The Labute approximate surface area is 186 Å². The van der Waals surface area contributed by atoms with Crippen molar-refractivity contribution in [3.8, 4) is 11.5 Å². The molecule has 0 spiro atoms. The van der Waals surface area contributed by atoms with Gasteiger partial charge in [-0.25, -0.2) is 0 Å². The van der Waals surface area contributed by atoms with E-state index in [2.05, 4.69) is 27.4 Å². The second-order valence-electron chi connectivity index (χ2n) is 6.93. The van der Waals surface area contributed by atoms with E-state index in [1.165, 1.54) is 0 Å². The number of aliphatic imine (C=N–C) groups is 1. The molecule has 1 aliphatic heterocycles. The highest BCUT2D eigenvalue weighted by Crippen LogP contribution is 2.26. The zero-order chi connectivity index (χ0) is 19.5. The molecule has 1 aromatic carbocycles. The minimum atomic E-state index is -0.0226. The number of guanidine groups is 1. The first-order chi connectivity index (χ1) is 13.1. The van der Waals surface area contributed by atoms with Crippen molar-refractivity contribution in [1.82, 2.24) is 15.5 Å². The van der Waals surface area contributed by atoms with E-state index < -0.39 is 0 Å². The van der Waals surface area contributed by atoms with Gasteiger partial charge in [0.2, 0.25) is 0 Å². The third-order valence-corrected chi connectivity index (χ3v) is 4.47. The Bertz CT molecular complexity index is 582. The SMILES string of the molecule is CN=C(NCC(C)CN1CCOCC1)NCC(C)Oc1ccccc1OC.I. The van der Waals surface area contributed by atoms with Crippen LogP contribution in [0.25, 0.3) is 0 Å². The second kappa shape index (κ2) is 13.8. The Morgan fingerprint density at radius 2 is 1.79 bits per heavy atom. The smallest absolute Gasteiger partial charge is 0.191 e. The van der Waals surface area contributed by atoms with Crippen LogP contribution in [0.2, 0.25) is 0 Å². The van der Waals surface area contributed by atoms with Crippen LogP contribution in [-0.2, 0) is 4.74 Å². The van der Waals surface area contributed by atoms with Gasteiger partial charge in [-0.15, -0.1) is 24.0 Å². The molecule has 2 rings (SSSR count). The molecular formula is C20H35IN4O3. The van der Waals surface area contributed by atoms with Crippen LogP contribution < -0.4 is 20.1 Å². The van der Waals surface area contributed by atoms with Crippen LogP contribution in [-0.4, -0.2) is 77.1 Å². The fourth-order valence-corrected chi connectivity index (χ4v) is 3.00. The Morgan fingerprint density at radius 1 is 1.14 bits per heavy atom. The van der Waals surface area contributed by atoms with Crippen LogP contribution in [0.15, 0.2) is 29.3 Å². The first-order valence-electron chi connectivity index (χ1n) is 9.66. The van der Waals surface area contributed by atoms with Gasteiger partial charge in [0.25, 0.3) is 0 Å². The molecule has 1 aliphatic rings. The van der Waals surface area contributed by atoms with E-state index in [0.717, 1.165) is 56.9 Å². The Kier molecular flexibility index (Phi) is 12.2. The van der Waals surface area contributed by atoms with Gasteiger partial charge >= 0.3 is 0 Å². The minimum absolute atomic E-state index is 0. The number of rotatable bonds is 9. The van der Waals surface area contributed by atoms with Gasteiger partial charge in [0.05, 0.1) is 26.9 Å². The summed E-state index contributed by atoms with van der Waals surface area (Å²) in [5, 5.41) is 6.73. The van der Waals surface area contributed by atoms with Crippen molar-refractivity contribution in [3.63, 3.8) is 0 Å². The summed E-state index contributed by atoms with van der Waals surface area (Å²) in [6.07, 6.45) is -0.0226. The van der Waals surface area contributed by atoms with E-state index in [1.54, 1.807) is 14.2 Å². The van der Waals surface area contributed by atoms with Gasteiger partial charge in [-0.05, 0) is 25.0 Å². The minimum Gasteiger partial charge on any atom is -0.493 e. The normalized spacial score (nSPS) is 17.2. The maximum absolute atomic E-state index is 5.97. The molecule has 0 bridgehead atoms. The van der Waals surface area contributed by atoms with Gasteiger partial charge in [0.1, 0.15) is 6.10 Å². The van der Waals surface area contributed by atoms with Gasteiger partial charge in [0.15, 0.2) is 17.5 Å². The summed E-state index contributed by atoms with van der Waals surface area (Å²) in [6.45, 7) is 10.6. The van der Waals surface area contributed by atoms with Crippen molar-refractivity contribution in [2.24, 2.45) is 10.9 Å². The summed E-state index contributed by atoms with van der Waals surface area (Å²) in [7, 11) is 3.43. The quantitative estimate of drug-likeness (QED) is 0.304. The lowest BCUT2D eigenvalue weighted by molar-refractivity contribution is 0.0320. The topological polar surface area (TPSA) is 67.4 Å².